The summed E-state index contributed by atoms with van der Waals surface area (Å²) in [6.45, 7) is 8.19. The molecule has 154 valence electrons. The molecule has 0 saturated carbocycles. The zero-order valence-corrected chi connectivity index (χ0v) is 17.5. The van der Waals surface area contributed by atoms with Crippen molar-refractivity contribution in [3.8, 4) is 17.1 Å². The van der Waals surface area contributed by atoms with Gasteiger partial charge in [-0.15, -0.1) is 12.4 Å². The monoisotopic (exact) mass is 408 g/mol. The van der Waals surface area contributed by atoms with Crippen LogP contribution in [-0.4, -0.2) is 46.7 Å². The van der Waals surface area contributed by atoms with Gasteiger partial charge in [-0.3, -0.25) is 4.79 Å². The maximum absolute atomic E-state index is 12.5. The fourth-order valence-corrected chi connectivity index (χ4v) is 3.30. The molecule has 1 atom stereocenters. The number of nitrogens with two attached hydrogens (primary N) is 1. The number of halogens is 1. The van der Waals surface area contributed by atoms with Crippen molar-refractivity contribution >= 4 is 18.3 Å². The van der Waals surface area contributed by atoms with Crippen LogP contribution in [-0.2, 0) is 11.2 Å². The topological polar surface area (TPSA) is 94.5 Å². The first-order chi connectivity index (χ1) is 12.9. The Morgan fingerprint density at radius 1 is 1.36 bits per heavy atom. The first kappa shape index (κ1) is 22.2. The third-order valence-electron chi connectivity index (χ3n) is 5.11. The maximum atomic E-state index is 12.5. The van der Waals surface area contributed by atoms with Crippen molar-refractivity contribution in [3.63, 3.8) is 0 Å². The molecule has 1 unspecified atom stereocenters. The summed E-state index contributed by atoms with van der Waals surface area (Å²) >= 11 is 0. The average molecular weight is 409 g/mol. The first-order valence-corrected chi connectivity index (χ1v) is 9.48. The molecule has 0 radical (unpaired) electrons. The molecule has 0 bridgehead atoms. The van der Waals surface area contributed by atoms with Crippen molar-refractivity contribution in [2.24, 2.45) is 11.1 Å². The van der Waals surface area contributed by atoms with Crippen LogP contribution < -0.4 is 10.5 Å². The molecule has 8 heteroatoms. The standard InChI is InChI=1S/C20H28N4O3.ClH/c1-4-26-15-7-5-14(6-8-15)19-22-17(27-23-19)9-10-18(25)24-12-11-16(21)20(2,3)13-24;/h5-8,16H,4,9-13,21H2,1-3H3;1H. The summed E-state index contributed by atoms with van der Waals surface area (Å²) in [6.07, 6.45) is 1.63. The van der Waals surface area contributed by atoms with Crippen molar-refractivity contribution in [1.82, 2.24) is 15.0 Å². The predicted molar refractivity (Wildman–Crippen MR) is 109 cm³/mol. The Bertz CT molecular complexity index is 776. The highest BCUT2D eigenvalue weighted by Gasteiger charge is 2.35. The van der Waals surface area contributed by atoms with Crippen molar-refractivity contribution in [1.29, 1.82) is 0 Å². The number of piperidine rings is 1. The number of nitrogens with zero attached hydrogens (tertiary/aromatic N) is 3. The Balaban J connectivity index is 0.00000280. The van der Waals surface area contributed by atoms with Gasteiger partial charge in [0, 0.05) is 37.5 Å². The number of likely N-dealkylation sites (tertiary alicyclic amines) is 1. The Morgan fingerprint density at radius 2 is 2.07 bits per heavy atom. The largest absolute Gasteiger partial charge is 0.494 e. The van der Waals surface area contributed by atoms with Crippen LogP contribution >= 0.6 is 12.4 Å². The predicted octanol–water partition coefficient (Wildman–Crippen LogP) is 3.08. The third kappa shape index (κ3) is 5.23. The quantitative estimate of drug-likeness (QED) is 0.789. The van der Waals surface area contributed by atoms with Gasteiger partial charge in [-0.05, 0) is 43.0 Å². The van der Waals surface area contributed by atoms with E-state index >= 15 is 0 Å². The van der Waals surface area contributed by atoms with E-state index in [1.165, 1.54) is 0 Å². The number of amides is 1. The minimum absolute atomic E-state index is 0. The van der Waals surface area contributed by atoms with E-state index in [0.717, 1.165) is 17.7 Å². The number of carbonyl (C=O) groups excluding carboxylic acids is 1. The highest BCUT2D eigenvalue weighted by molar-refractivity contribution is 5.85. The van der Waals surface area contributed by atoms with Gasteiger partial charge in [-0.2, -0.15) is 4.98 Å². The molecule has 2 aromatic rings. The molecule has 1 aliphatic rings. The lowest BCUT2D eigenvalue weighted by atomic mass is 9.79. The summed E-state index contributed by atoms with van der Waals surface area (Å²) < 4.78 is 10.7. The van der Waals surface area contributed by atoms with Crippen LogP contribution in [0.1, 0.15) is 39.5 Å². The number of aryl methyl sites for hydroxylation is 1. The Labute approximate surface area is 172 Å². The van der Waals surface area contributed by atoms with Gasteiger partial charge in [0.25, 0.3) is 0 Å². The lowest BCUT2D eigenvalue weighted by molar-refractivity contribution is -0.134. The number of rotatable bonds is 6. The number of hydrogen-bond acceptors (Lipinski definition) is 6. The van der Waals surface area contributed by atoms with E-state index in [0.29, 0.717) is 44.3 Å². The van der Waals surface area contributed by atoms with Crippen LogP contribution in [0.25, 0.3) is 11.4 Å². The lowest BCUT2D eigenvalue weighted by Crippen LogP contribution is -2.54. The second-order valence-corrected chi connectivity index (χ2v) is 7.67. The second-order valence-electron chi connectivity index (χ2n) is 7.67. The molecule has 0 aliphatic carbocycles. The molecular formula is C20H29ClN4O3. The van der Waals surface area contributed by atoms with E-state index in [9.17, 15) is 4.79 Å². The van der Waals surface area contributed by atoms with Gasteiger partial charge < -0.3 is 19.9 Å². The first-order valence-electron chi connectivity index (χ1n) is 9.48. The molecular weight excluding hydrogens is 380 g/mol. The molecule has 2 N–H and O–H groups in total. The van der Waals surface area contributed by atoms with Crippen LogP contribution in [0.3, 0.4) is 0 Å². The normalized spacial score (nSPS) is 18.4. The molecule has 0 spiro atoms. The van der Waals surface area contributed by atoms with E-state index < -0.39 is 0 Å². The highest BCUT2D eigenvalue weighted by atomic mass is 35.5. The Hall–Kier alpha value is -2.12. The zero-order chi connectivity index (χ0) is 19.4. The van der Waals surface area contributed by atoms with Gasteiger partial charge >= 0.3 is 0 Å². The summed E-state index contributed by atoms with van der Waals surface area (Å²) in [5, 5.41) is 4.02. The summed E-state index contributed by atoms with van der Waals surface area (Å²) in [6, 6.07) is 7.67. The van der Waals surface area contributed by atoms with Gasteiger partial charge in [-0.1, -0.05) is 19.0 Å². The Morgan fingerprint density at radius 3 is 2.71 bits per heavy atom. The number of aromatic nitrogens is 2. The fraction of sp³-hybridized carbons (Fsp3) is 0.550. The SMILES string of the molecule is CCOc1ccc(-c2noc(CCC(=O)N3CCC(N)C(C)(C)C3)n2)cc1.Cl. The molecule has 28 heavy (non-hydrogen) atoms. The minimum Gasteiger partial charge on any atom is -0.494 e. The molecule has 1 aromatic heterocycles. The molecule has 1 saturated heterocycles. The second kappa shape index (κ2) is 9.39. The number of carbonyl (C=O) groups is 1. The van der Waals surface area contributed by atoms with Crippen molar-refractivity contribution in [3.05, 3.63) is 30.2 Å². The minimum atomic E-state index is -0.0563. The molecule has 1 aromatic carbocycles. The van der Waals surface area contributed by atoms with Gasteiger partial charge in [-0.25, -0.2) is 0 Å². The van der Waals surface area contributed by atoms with Gasteiger partial charge in [0.1, 0.15) is 5.75 Å². The van der Waals surface area contributed by atoms with Crippen LogP contribution in [0.15, 0.2) is 28.8 Å². The molecule has 1 aliphatic heterocycles. The number of ether oxygens (including phenoxy) is 1. The van der Waals surface area contributed by atoms with Crippen LogP contribution in [0.5, 0.6) is 5.75 Å². The lowest BCUT2D eigenvalue weighted by Gasteiger charge is -2.42. The Kier molecular flexibility index (Phi) is 7.43. The van der Waals surface area contributed by atoms with Crippen molar-refractivity contribution in [2.75, 3.05) is 19.7 Å². The molecule has 2 heterocycles. The van der Waals surface area contributed by atoms with Crippen LogP contribution in [0.4, 0.5) is 0 Å². The van der Waals surface area contributed by atoms with E-state index in [-0.39, 0.29) is 29.8 Å². The van der Waals surface area contributed by atoms with Crippen molar-refractivity contribution in [2.45, 2.75) is 46.1 Å². The number of benzene rings is 1. The van der Waals surface area contributed by atoms with Crippen LogP contribution in [0.2, 0.25) is 0 Å². The average Bonchev–Trinajstić information content (AvgIpc) is 3.12. The van der Waals surface area contributed by atoms with Gasteiger partial charge in [0.15, 0.2) is 0 Å². The van der Waals surface area contributed by atoms with Gasteiger partial charge in [0.2, 0.25) is 17.6 Å². The molecule has 7 nitrogen and oxygen atoms in total. The third-order valence-corrected chi connectivity index (χ3v) is 5.11. The fourth-order valence-electron chi connectivity index (χ4n) is 3.30. The van der Waals surface area contributed by atoms with E-state index in [4.69, 9.17) is 15.0 Å². The summed E-state index contributed by atoms with van der Waals surface area (Å²) in [4.78, 5) is 18.8. The highest BCUT2D eigenvalue weighted by Crippen LogP contribution is 2.28. The summed E-state index contributed by atoms with van der Waals surface area (Å²) in [7, 11) is 0. The van der Waals surface area contributed by atoms with E-state index in [2.05, 4.69) is 24.0 Å². The van der Waals surface area contributed by atoms with Crippen LogP contribution in [0, 0.1) is 5.41 Å². The molecule has 3 rings (SSSR count). The molecule has 1 fully saturated rings. The zero-order valence-electron chi connectivity index (χ0n) is 16.7. The summed E-state index contributed by atoms with van der Waals surface area (Å²) in [5.74, 6) is 1.90. The van der Waals surface area contributed by atoms with Gasteiger partial charge in [0.05, 0.1) is 6.61 Å². The smallest absolute Gasteiger partial charge is 0.227 e. The van der Waals surface area contributed by atoms with E-state index in [1.807, 2.05) is 36.1 Å². The number of hydrogen-bond donors (Lipinski definition) is 1. The maximum Gasteiger partial charge on any atom is 0.227 e. The summed E-state index contributed by atoms with van der Waals surface area (Å²) in [5.41, 5.74) is 6.94. The van der Waals surface area contributed by atoms with Crippen molar-refractivity contribution < 1.29 is 14.1 Å². The van der Waals surface area contributed by atoms with E-state index in [1.54, 1.807) is 0 Å². The molecule has 1 amide bonds.